The van der Waals surface area contributed by atoms with Crippen molar-refractivity contribution >= 4 is 34.9 Å². The number of aromatic nitrogens is 1. The van der Waals surface area contributed by atoms with Crippen LogP contribution in [-0.4, -0.2) is 21.4 Å². The van der Waals surface area contributed by atoms with Crippen LogP contribution in [0.4, 0.5) is 0 Å². The van der Waals surface area contributed by atoms with Gasteiger partial charge in [-0.1, -0.05) is 11.3 Å². The zero-order valence-corrected chi connectivity index (χ0v) is 7.41. The molecule has 0 fully saturated rings. The summed E-state index contributed by atoms with van der Waals surface area (Å²) in [5.41, 5.74) is 5.07. The molecule has 0 radical (unpaired) electrons. The molecule has 64 valence electrons. The van der Waals surface area contributed by atoms with Gasteiger partial charge in [0.2, 0.25) is 5.88 Å². The van der Waals surface area contributed by atoms with E-state index < -0.39 is 0 Å². The standard InChI is InChI=1S/C5H5N3O2S2/c6-4(11)7-1-2-3(9)8-5(10)12-2/h1,9H,(H2,6,11)(H,8,10). The average molecular weight is 203 g/mol. The second-order valence-electron chi connectivity index (χ2n) is 1.82. The van der Waals surface area contributed by atoms with Gasteiger partial charge in [0, 0.05) is 0 Å². The van der Waals surface area contributed by atoms with Gasteiger partial charge in [-0.3, -0.25) is 9.78 Å². The highest BCUT2D eigenvalue weighted by molar-refractivity contribution is 7.80. The van der Waals surface area contributed by atoms with Crippen molar-refractivity contribution in [2.45, 2.75) is 0 Å². The number of rotatable bonds is 1. The smallest absolute Gasteiger partial charge is 0.307 e. The number of H-pyrrole nitrogens is 1. The van der Waals surface area contributed by atoms with Gasteiger partial charge in [0.05, 0.1) is 6.21 Å². The molecule has 0 saturated carbocycles. The highest BCUT2D eigenvalue weighted by Gasteiger charge is 2.02. The number of nitrogens with two attached hydrogens (primary N) is 1. The van der Waals surface area contributed by atoms with Crippen molar-refractivity contribution < 1.29 is 5.11 Å². The van der Waals surface area contributed by atoms with Gasteiger partial charge in [-0.2, -0.15) is 0 Å². The number of aromatic amines is 1. The second kappa shape index (κ2) is 3.46. The molecule has 1 aromatic heterocycles. The summed E-state index contributed by atoms with van der Waals surface area (Å²) in [7, 11) is 0. The lowest BCUT2D eigenvalue weighted by molar-refractivity contribution is 0.455. The highest BCUT2D eigenvalue weighted by atomic mass is 32.1. The highest BCUT2D eigenvalue weighted by Crippen LogP contribution is 2.11. The molecule has 7 heteroatoms. The first-order valence-electron chi connectivity index (χ1n) is 2.85. The summed E-state index contributed by atoms with van der Waals surface area (Å²) in [6.07, 6.45) is 1.24. The minimum Gasteiger partial charge on any atom is -0.493 e. The van der Waals surface area contributed by atoms with Crippen LogP contribution < -0.4 is 10.6 Å². The first-order chi connectivity index (χ1) is 5.59. The monoisotopic (exact) mass is 203 g/mol. The van der Waals surface area contributed by atoms with Crippen LogP contribution in [0.3, 0.4) is 0 Å². The Labute approximate surface area is 76.6 Å². The number of hydrogen-bond acceptors (Lipinski definition) is 4. The Morgan fingerprint density at radius 1 is 1.83 bits per heavy atom. The normalized spacial score (nSPS) is 10.7. The van der Waals surface area contributed by atoms with Gasteiger partial charge in [0.15, 0.2) is 5.11 Å². The third kappa shape index (κ3) is 2.14. The molecule has 1 aromatic rings. The summed E-state index contributed by atoms with van der Waals surface area (Å²) < 4.78 is 0. The van der Waals surface area contributed by atoms with Crippen molar-refractivity contribution in [1.29, 1.82) is 0 Å². The summed E-state index contributed by atoms with van der Waals surface area (Å²) in [6.45, 7) is 0. The molecule has 1 rings (SSSR count). The van der Waals surface area contributed by atoms with Crippen molar-refractivity contribution in [3.8, 4) is 5.88 Å². The largest absolute Gasteiger partial charge is 0.493 e. The number of aromatic hydroxyl groups is 1. The summed E-state index contributed by atoms with van der Waals surface area (Å²) in [5.74, 6) is -0.218. The Hall–Kier alpha value is -1.21. The van der Waals surface area contributed by atoms with Gasteiger partial charge in [-0.15, -0.1) is 0 Å². The molecule has 0 atom stereocenters. The van der Waals surface area contributed by atoms with Crippen LogP contribution in [0.25, 0.3) is 0 Å². The molecular weight excluding hydrogens is 198 g/mol. The maximum Gasteiger partial charge on any atom is 0.307 e. The van der Waals surface area contributed by atoms with Gasteiger partial charge >= 0.3 is 4.87 Å². The molecule has 0 amide bonds. The van der Waals surface area contributed by atoms with Crippen molar-refractivity contribution in [2.24, 2.45) is 10.7 Å². The Kier molecular flexibility index (Phi) is 2.56. The molecule has 0 aromatic carbocycles. The van der Waals surface area contributed by atoms with E-state index in [9.17, 15) is 4.79 Å². The molecule has 0 bridgehead atoms. The van der Waals surface area contributed by atoms with Gasteiger partial charge in [-0.25, -0.2) is 4.99 Å². The molecule has 5 nitrogen and oxygen atoms in total. The first-order valence-corrected chi connectivity index (χ1v) is 4.07. The number of hydrogen-bond donors (Lipinski definition) is 3. The maximum absolute atomic E-state index is 10.6. The van der Waals surface area contributed by atoms with Gasteiger partial charge < -0.3 is 10.8 Å². The molecule has 0 aliphatic rings. The average Bonchev–Trinajstić information content (AvgIpc) is 2.26. The van der Waals surface area contributed by atoms with E-state index in [0.29, 0.717) is 4.88 Å². The van der Waals surface area contributed by atoms with E-state index >= 15 is 0 Å². The second-order valence-corrected chi connectivity index (χ2v) is 3.26. The summed E-state index contributed by atoms with van der Waals surface area (Å²) in [4.78, 5) is 16.3. The fraction of sp³-hybridized carbons (Fsp3) is 0. The minimum atomic E-state index is -0.350. The molecule has 0 saturated heterocycles. The maximum atomic E-state index is 10.6. The lowest BCUT2D eigenvalue weighted by Crippen LogP contribution is -2.03. The molecule has 0 spiro atoms. The number of aliphatic imine (C=N–C) groups is 1. The van der Waals surface area contributed by atoms with Crippen LogP contribution in [0.5, 0.6) is 5.88 Å². The van der Waals surface area contributed by atoms with Crippen molar-refractivity contribution in [1.82, 2.24) is 4.98 Å². The number of thiocarbonyl (C=S) groups is 1. The number of thiazole rings is 1. The third-order valence-electron chi connectivity index (χ3n) is 0.966. The molecule has 4 N–H and O–H groups in total. The lowest BCUT2D eigenvalue weighted by Gasteiger charge is -1.85. The first kappa shape index (κ1) is 8.88. The molecular formula is C5H5N3O2S2. The van der Waals surface area contributed by atoms with Gasteiger partial charge in [0.1, 0.15) is 4.88 Å². The van der Waals surface area contributed by atoms with Crippen LogP contribution in [0.1, 0.15) is 4.88 Å². The fourth-order valence-electron chi connectivity index (χ4n) is 0.542. The van der Waals surface area contributed by atoms with E-state index in [2.05, 4.69) is 22.2 Å². The zero-order valence-electron chi connectivity index (χ0n) is 5.77. The Balaban J connectivity index is 2.96. The van der Waals surface area contributed by atoms with E-state index in [1.165, 1.54) is 6.21 Å². The molecule has 1 heterocycles. The molecule has 0 aliphatic heterocycles. The number of nitrogens with zero attached hydrogens (tertiary/aromatic N) is 1. The van der Waals surface area contributed by atoms with E-state index in [1.54, 1.807) is 0 Å². The Morgan fingerprint density at radius 2 is 2.50 bits per heavy atom. The van der Waals surface area contributed by atoms with Crippen LogP contribution >= 0.6 is 23.6 Å². The van der Waals surface area contributed by atoms with Gasteiger partial charge in [0.25, 0.3) is 0 Å². The molecule has 0 unspecified atom stereocenters. The molecule has 0 aliphatic carbocycles. The van der Waals surface area contributed by atoms with Crippen LogP contribution in [-0.2, 0) is 0 Å². The summed E-state index contributed by atoms with van der Waals surface area (Å²) in [5, 5.41) is 8.98. The number of nitrogens with one attached hydrogen (secondary N) is 1. The summed E-state index contributed by atoms with van der Waals surface area (Å²) in [6, 6.07) is 0. The van der Waals surface area contributed by atoms with E-state index in [4.69, 9.17) is 10.8 Å². The van der Waals surface area contributed by atoms with E-state index in [-0.39, 0.29) is 15.9 Å². The third-order valence-corrected chi connectivity index (χ3v) is 1.88. The van der Waals surface area contributed by atoms with Crippen LogP contribution in [0, 0.1) is 0 Å². The van der Waals surface area contributed by atoms with Crippen molar-refractivity contribution in [3.63, 3.8) is 0 Å². The van der Waals surface area contributed by atoms with E-state index in [1.807, 2.05) is 0 Å². The van der Waals surface area contributed by atoms with Gasteiger partial charge in [-0.05, 0) is 12.2 Å². The topological polar surface area (TPSA) is 91.5 Å². The lowest BCUT2D eigenvalue weighted by atomic mass is 10.6. The SMILES string of the molecule is NC(=S)N=Cc1sc(=O)[nH]c1O. The van der Waals surface area contributed by atoms with Crippen molar-refractivity contribution in [2.75, 3.05) is 0 Å². The predicted molar refractivity (Wildman–Crippen MR) is 51.0 cm³/mol. The molecule has 12 heavy (non-hydrogen) atoms. The summed E-state index contributed by atoms with van der Waals surface area (Å²) >= 11 is 5.29. The Bertz CT molecular complexity index is 378. The predicted octanol–water partition coefficient (Wildman–Crippen LogP) is -0.196. The van der Waals surface area contributed by atoms with Crippen LogP contribution in [0.15, 0.2) is 9.79 Å². The van der Waals surface area contributed by atoms with E-state index in [0.717, 1.165) is 11.3 Å². The zero-order chi connectivity index (χ0) is 9.14. The fourth-order valence-corrected chi connectivity index (χ4v) is 1.19. The van der Waals surface area contributed by atoms with Crippen molar-refractivity contribution in [3.05, 3.63) is 14.5 Å². The Morgan fingerprint density at radius 3 is 2.92 bits per heavy atom. The minimum absolute atomic E-state index is 0.0461. The quantitative estimate of drug-likeness (QED) is 0.435. The van der Waals surface area contributed by atoms with Crippen LogP contribution in [0.2, 0.25) is 0 Å².